The van der Waals surface area contributed by atoms with E-state index in [-0.39, 0.29) is 35.3 Å². The van der Waals surface area contributed by atoms with E-state index in [4.69, 9.17) is 14.6 Å². The SMILES string of the molecule is CC#Cc1ccc(C(=O)NC2CC3(C2)CC(C(=O)OC)C3)c2c1cnn2C(C)c1ccc(-c2ccnc(OC)n2)cc1. The first kappa shape index (κ1) is 27.5. The van der Waals surface area contributed by atoms with E-state index >= 15 is 0 Å². The van der Waals surface area contributed by atoms with Gasteiger partial charge >= 0.3 is 12.0 Å². The second kappa shape index (κ2) is 10.9. The quantitative estimate of drug-likeness (QED) is 0.251. The van der Waals surface area contributed by atoms with Crippen LogP contribution >= 0.6 is 0 Å². The van der Waals surface area contributed by atoms with Crippen molar-refractivity contribution in [3.05, 3.63) is 71.5 Å². The highest BCUT2D eigenvalue weighted by molar-refractivity contribution is 6.07. The molecule has 2 aliphatic rings. The summed E-state index contributed by atoms with van der Waals surface area (Å²) in [6, 6.07) is 14.0. The van der Waals surface area contributed by atoms with E-state index < -0.39 is 0 Å². The highest BCUT2D eigenvalue weighted by atomic mass is 16.5. The van der Waals surface area contributed by atoms with Gasteiger partial charge in [0.2, 0.25) is 0 Å². The zero-order valence-corrected chi connectivity index (χ0v) is 24.2. The Bertz CT molecular complexity index is 1720. The van der Waals surface area contributed by atoms with Crippen LogP contribution in [0.1, 0.15) is 67.1 Å². The number of fused-ring (bicyclic) bond motifs is 1. The summed E-state index contributed by atoms with van der Waals surface area (Å²) in [6.07, 6.45) is 6.92. The Hall–Kier alpha value is -4.71. The number of carbonyl (C=O) groups excluding carboxylic acids is 2. The van der Waals surface area contributed by atoms with Gasteiger partial charge < -0.3 is 14.8 Å². The fourth-order valence-electron chi connectivity index (χ4n) is 6.56. The Labute approximate surface area is 244 Å². The van der Waals surface area contributed by atoms with Crippen molar-refractivity contribution in [2.24, 2.45) is 11.3 Å². The third kappa shape index (κ3) is 4.87. The monoisotopic (exact) mass is 563 g/mol. The number of rotatable bonds is 7. The fraction of sp³-hybridized carbons (Fsp3) is 0.364. The van der Waals surface area contributed by atoms with Gasteiger partial charge in [0.25, 0.3) is 5.91 Å². The molecule has 1 atom stereocenters. The second-order valence-electron chi connectivity index (χ2n) is 11.3. The number of methoxy groups -OCH3 is 2. The molecule has 1 spiro atoms. The lowest BCUT2D eigenvalue weighted by Gasteiger charge is -2.56. The molecule has 2 aromatic carbocycles. The van der Waals surface area contributed by atoms with Crippen LogP contribution in [0.5, 0.6) is 6.01 Å². The third-order valence-electron chi connectivity index (χ3n) is 8.72. The van der Waals surface area contributed by atoms with Crippen LogP contribution in [-0.2, 0) is 9.53 Å². The van der Waals surface area contributed by atoms with Gasteiger partial charge in [-0.05, 0) is 68.7 Å². The van der Waals surface area contributed by atoms with E-state index in [0.29, 0.717) is 11.6 Å². The topological polar surface area (TPSA) is 108 Å². The maximum absolute atomic E-state index is 13.6. The third-order valence-corrected chi connectivity index (χ3v) is 8.72. The number of hydrogen-bond donors (Lipinski definition) is 1. The smallest absolute Gasteiger partial charge is 0.316 e. The van der Waals surface area contributed by atoms with E-state index in [1.54, 1.807) is 26.4 Å². The van der Waals surface area contributed by atoms with E-state index in [1.165, 1.54) is 7.11 Å². The molecule has 1 N–H and O–H groups in total. The number of carbonyl (C=O) groups is 2. The summed E-state index contributed by atoms with van der Waals surface area (Å²) in [7, 11) is 2.98. The molecule has 4 aromatic rings. The van der Waals surface area contributed by atoms with Crippen molar-refractivity contribution >= 4 is 22.8 Å². The van der Waals surface area contributed by atoms with Gasteiger partial charge in [0.15, 0.2) is 0 Å². The highest BCUT2D eigenvalue weighted by Crippen LogP contribution is 2.59. The summed E-state index contributed by atoms with van der Waals surface area (Å²) in [5.74, 6) is 5.87. The molecule has 0 bridgehead atoms. The van der Waals surface area contributed by atoms with E-state index in [1.807, 2.05) is 47.1 Å². The van der Waals surface area contributed by atoms with Crippen LogP contribution in [0.2, 0.25) is 0 Å². The van der Waals surface area contributed by atoms with Crippen LogP contribution in [0.15, 0.2) is 54.9 Å². The predicted molar refractivity (Wildman–Crippen MR) is 158 cm³/mol. The maximum Gasteiger partial charge on any atom is 0.316 e. The largest absolute Gasteiger partial charge is 0.469 e. The molecule has 2 aliphatic carbocycles. The molecule has 2 aromatic heterocycles. The molecule has 2 saturated carbocycles. The number of hydrogen-bond acceptors (Lipinski definition) is 7. The average Bonchev–Trinajstić information content (AvgIpc) is 3.43. The minimum absolute atomic E-state index is 0.00723. The van der Waals surface area contributed by atoms with Crippen molar-refractivity contribution in [3.63, 3.8) is 0 Å². The zero-order chi connectivity index (χ0) is 29.4. The van der Waals surface area contributed by atoms with Crippen LogP contribution in [0, 0.1) is 23.2 Å². The first-order chi connectivity index (χ1) is 20.3. The molecule has 0 radical (unpaired) electrons. The molecule has 1 amide bonds. The van der Waals surface area contributed by atoms with Crippen molar-refractivity contribution in [2.45, 2.75) is 51.6 Å². The Morgan fingerprint density at radius 1 is 1.07 bits per heavy atom. The number of amides is 1. The summed E-state index contributed by atoms with van der Waals surface area (Å²) < 4.78 is 12.0. The predicted octanol–water partition coefficient (Wildman–Crippen LogP) is 4.94. The van der Waals surface area contributed by atoms with E-state index in [0.717, 1.165) is 59.0 Å². The molecular formula is C33H33N5O4. The molecular weight excluding hydrogens is 530 g/mol. The first-order valence-electron chi connectivity index (χ1n) is 14.1. The number of nitrogens with zero attached hydrogens (tertiary/aromatic N) is 4. The van der Waals surface area contributed by atoms with Crippen molar-refractivity contribution < 1.29 is 19.1 Å². The Kier molecular flexibility index (Phi) is 7.15. The van der Waals surface area contributed by atoms with Crippen molar-refractivity contribution in [3.8, 4) is 29.1 Å². The Morgan fingerprint density at radius 3 is 2.52 bits per heavy atom. The molecule has 0 saturated heterocycles. The van der Waals surface area contributed by atoms with Gasteiger partial charge in [-0.1, -0.05) is 30.2 Å². The normalized spacial score (nSPS) is 21.4. The molecule has 2 fully saturated rings. The van der Waals surface area contributed by atoms with Crippen LogP contribution in [0.25, 0.3) is 22.2 Å². The lowest BCUT2D eigenvalue weighted by atomic mass is 9.50. The number of esters is 1. The molecule has 1 unspecified atom stereocenters. The van der Waals surface area contributed by atoms with Crippen molar-refractivity contribution in [2.75, 3.05) is 14.2 Å². The van der Waals surface area contributed by atoms with Gasteiger partial charge in [-0.25, -0.2) is 4.98 Å². The summed E-state index contributed by atoms with van der Waals surface area (Å²) >= 11 is 0. The molecule has 0 aliphatic heterocycles. The number of benzene rings is 2. The summed E-state index contributed by atoms with van der Waals surface area (Å²) in [5.41, 5.74) is 5.08. The molecule has 6 rings (SSSR count). The second-order valence-corrected chi connectivity index (χ2v) is 11.3. The van der Waals surface area contributed by atoms with Crippen LogP contribution in [0.4, 0.5) is 0 Å². The molecule has 9 heteroatoms. The van der Waals surface area contributed by atoms with Crippen molar-refractivity contribution in [1.29, 1.82) is 0 Å². The molecule has 214 valence electrons. The fourth-order valence-corrected chi connectivity index (χ4v) is 6.56. The van der Waals surface area contributed by atoms with E-state index in [2.05, 4.69) is 34.0 Å². The van der Waals surface area contributed by atoms with Crippen molar-refractivity contribution in [1.82, 2.24) is 25.1 Å². The maximum atomic E-state index is 13.6. The van der Waals surface area contributed by atoms with Gasteiger partial charge in [0, 0.05) is 28.8 Å². The van der Waals surface area contributed by atoms with Crippen LogP contribution < -0.4 is 10.1 Å². The standard InChI is InChI=1S/C33H33N5O4/c1-5-6-22-11-12-26(30(39)36-25-17-33(18-25)15-24(16-33)31(40)41-3)29-27(22)19-35-38(29)20(2)21-7-9-23(10-8-21)28-13-14-34-32(37-28)42-4/h7-14,19-20,24-25H,15-18H2,1-4H3,(H,36,39). The molecule has 2 heterocycles. The summed E-state index contributed by atoms with van der Waals surface area (Å²) in [4.78, 5) is 34.0. The van der Waals surface area contributed by atoms with Gasteiger partial charge in [0.1, 0.15) is 0 Å². The number of ether oxygens (including phenoxy) is 2. The minimum Gasteiger partial charge on any atom is -0.469 e. The molecule has 42 heavy (non-hydrogen) atoms. The van der Waals surface area contributed by atoms with Crippen LogP contribution in [0.3, 0.4) is 0 Å². The van der Waals surface area contributed by atoms with E-state index in [9.17, 15) is 9.59 Å². The van der Waals surface area contributed by atoms with Gasteiger partial charge in [-0.2, -0.15) is 10.1 Å². The zero-order valence-electron chi connectivity index (χ0n) is 24.2. The van der Waals surface area contributed by atoms with Gasteiger partial charge in [-0.3, -0.25) is 14.3 Å². The minimum atomic E-state index is -0.148. The Morgan fingerprint density at radius 2 is 1.83 bits per heavy atom. The Balaban J connectivity index is 1.25. The van der Waals surface area contributed by atoms with Gasteiger partial charge in [-0.15, -0.1) is 5.92 Å². The van der Waals surface area contributed by atoms with Gasteiger partial charge in [0.05, 0.1) is 49.2 Å². The number of aromatic nitrogens is 4. The summed E-state index contributed by atoms with van der Waals surface area (Å²) in [6.45, 7) is 3.87. The average molecular weight is 564 g/mol. The first-order valence-corrected chi connectivity index (χ1v) is 14.1. The summed E-state index contributed by atoms with van der Waals surface area (Å²) in [5, 5.41) is 8.82. The lowest BCUT2D eigenvalue weighted by Crippen LogP contribution is -2.57. The molecule has 9 nitrogen and oxygen atoms in total. The lowest BCUT2D eigenvalue weighted by molar-refractivity contribution is -0.159. The number of nitrogens with one attached hydrogen (secondary N) is 1. The van der Waals surface area contributed by atoms with Crippen LogP contribution in [-0.4, -0.2) is 51.9 Å². The highest BCUT2D eigenvalue weighted by Gasteiger charge is 2.55.